The van der Waals surface area contributed by atoms with E-state index in [2.05, 4.69) is 91.8 Å². The molecule has 0 aliphatic heterocycles. The molecular weight excluding hydrogens is 541 g/mol. The van der Waals surface area contributed by atoms with Gasteiger partial charge in [-0.1, -0.05) is 85.7 Å². The van der Waals surface area contributed by atoms with Crippen molar-refractivity contribution in [2.24, 2.45) is 9.98 Å². The molecule has 3 rings (SSSR count). The molecule has 0 N–H and O–H groups in total. The van der Waals surface area contributed by atoms with Gasteiger partial charge in [0.1, 0.15) is 0 Å². The monoisotopic (exact) mass is 579 g/mol. The maximum atomic E-state index is 4.79. The molecule has 2 aromatic carbocycles. The molecule has 6 heteroatoms. The Morgan fingerprint density at radius 2 is 0.946 bits per heavy atom. The standard InChI is InChI=1S/C31H39N3.2ClH.Fe/c1-20(2)24-12-14-30(28(16-24)22(5)6)32-18-26-10-9-11-27(34-26)19-33-31-15-13-25(21(3)4)17-29(31)23(7)8;;;/h9-23H,1-8H3;2*1H;/q;;;+2/p-2. The molecule has 0 atom stereocenters. The largest absolute Gasteiger partial charge is 2.00 e. The number of hydrogen-bond acceptors (Lipinski definition) is 3. The van der Waals surface area contributed by atoms with Gasteiger partial charge in [-0.2, -0.15) is 0 Å². The second-order valence-electron chi connectivity index (χ2n) is 10.3. The fourth-order valence-corrected chi connectivity index (χ4v) is 3.91. The minimum atomic E-state index is 0. The number of benzene rings is 2. The summed E-state index contributed by atoms with van der Waals surface area (Å²) in [6.07, 6.45) is 3.70. The summed E-state index contributed by atoms with van der Waals surface area (Å²) >= 11 is 0. The Kier molecular flexibility index (Phi) is 15.2. The molecule has 0 amide bonds. The quantitative estimate of drug-likeness (QED) is 0.298. The molecule has 0 aliphatic carbocycles. The molecule has 0 spiro atoms. The molecule has 0 unspecified atom stereocenters. The number of rotatable bonds is 8. The molecule has 0 bridgehead atoms. The van der Waals surface area contributed by atoms with Gasteiger partial charge in [0.05, 0.1) is 35.2 Å². The van der Waals surface area contributed by atoms with Crippen LogP contribution in [0.1, 0.15) is 113 Å². The van der Waals surface area contributed by atoms with Gasteiger partial charge in [-0.3, -0.25) is 9.98 Å². The van der Waals surface area contributed by atoms with Crippen LogP contribution in [0.5, 0.6) is 0 Å². The van der Waals surface area contributed by atoms with Gasteiger partial charge in [0.2, 0.25) is 0 Å². The molecule has 1 heterocycles. The summed E-state index contributed by atoms with van der Waals surface area (Å²) in [5.41, 5.74) is 8.90. The van der Waals surface area contributed by atoms with Crippen LogP contribution in [0.25, 0.3) is 0 Å². The van der Waals surface area contributed by atoms with Crippen LogP contribution in [0.2, 0.25) is 0 Å². The van der Waals surface area contributed by atoms with Crippen molar-refractivity contribution < 1.29 is 41.9 Å². The summed E-state index contributed by atoms with van der Waals surface area (Å²) in [4.78, 5) is 14.3. The maximum Gasteiger partial charge on any atom is 2.00 e. The zero-order valence-corrected chi connectivity index (χ0v) is 25.7. The number of aliphatic imine (C=N–C) groups is 2. The zero-order chi connectivity index (χ0) is 24.8. The van der Waals surface area contributed by atoms with Crippen LogP contribution in [0.3, 0.4) is 0 Å². The summed E-state index contributed by atoms with van der Waals surface area (Å²) in [5.74, 6) is 1.83. The molecule has 0 radical (unpaired) electrons. The Bertz CT molecular complexity index is 1100. The Labute approximate surface area is 247 Å². The predicted octanol–water partition coefficient (Wildman–Crippen LogP) is 3.08. The van der Waals surface area contributed by atoms with E-state index in [9.17, 15) is 0 Å². The number of aromatic nitrogens is 1. The van der Waals surface area contributed by atoms with Crippen molar-refractivity contribution in [2.45, 2.75) is 79.1 Å². The average molecular weight is 580 g/mol. The SMILES string of the molecule is CC(C)c1ccc(N=Cc2cccc(C=Nc3ccc(C(C)C)cc3C(C)C)n2)c(C(C)C)c1.[Cl-].[Cl-].[Fe+2]. The third-order valence-electron chi connectivity index (χ3n) is 6.14. The van der Waals surface area contributed by atoms with Crippen molar-refractivity contribution in [1.29, 1.82) is 0 Å². The molecule has 200 valence electrons. The van der Waals surface area contributed by atoms with E-state index in [-0.39, 0.29) is 41.9 Å². The number of nitrogens with zero attached hydrogens (tertiary/aromatic N) is 3. The van der Waals surface area contributed by atoms with Gasteiger partial charge in [0, 0.05) is 0 Å². The molecule has 0 aliphatic rings. The third-order valence-corrected chi connectivity index (χ3v) is 6.14. The Balaban J connectivity index is 0.00000432. The van der Waals surface area contributed by atoms with Gasteiger partial charge < -0.3 is 24.8 Å². The van der Waals surface area contributed by atoms with E-state index in [1.807, 2.05) is 30.6 Å². The van der Waals surface area contributed by atoms with Crippen molar-refractivity contribution in [3.8, 4) is 0 Å². The fourth-order valence-electron chi connectivity index (χ4n) is 3.91. The van der Waals surface area contributed by atoms with Crippen LogP contribution in [-0.4, -0.2) is 17.4 Å². The first kappa shape index (κ1) is 35.0. The van der Waals surface area contributed by atoms with Gasteiger partial charge in [-0.05, 0) is 70.2 Å². The van der Waals surface area contributed by atoms with E-state index in [1.165, 1.54) is 22.3 Å². The van der Waals surface area contributed by atoms with E-state index in [1.54, 1.807) is 0 Å². The number of halogens is 2. The van der Waals surface area contributed by atoms with Crippen molar-refractivity contribution in [3.63, 3.8) is 0 Å². The summed E-state index contributed by atoms with van der Waals surface area (Å²) in [7, 11) is 0. The van der Waals surface area contributed by atoms with E-state index in [4.69, 9.17) is 15.0 Å². The van der Waals surface area contributed by atoms with E-state index in [0.29, 0.717) is 23.7 Å². The van der Waals surface area contributed by atoms with Gasteiger partial charge in [-0.15, -0.1) is 0 Å². The molecule has 0 fully saturated rings. The Morgan fingerprint density at radius 3 is 1.27 bits per heavy atom. The summed E-state index contributed by atoms with van der Waals surface area (Å²) in [6, 6.07) is 19.1. The first-order chi connectivity index (χ1) is 16.2. The zero-order valence-electron chi connectivity index (χ0n) is 23.1. The van der Waals surface area contributed by atoms with Gasteiger partial charge >= 0.3 is 17.1 Å². The molecule has 3 nitrogen and oxygen atoms in total. The first-order valence-corrected chi connectivity index (χ1v) is 12.5. The van der Waals surface area contributed by atoms with Crippen LogP contribution < -0.4 is 24.8 Å². The van der Waals surface area contributed by atoms with Crippen molar-refractivity contribution >= 4 is 23.8 Å². The summed E-state index contributed by atoms with van der Waals surface area (Å²) < 4.78 is 0. The Hall–Kier alpha value is -1.97. The summed E-state index contributed by atoms with van der Waals surface area (Å²) in [5, 5.41) is 0. The molecule has 37 heavy (non-hydrogen) atoms. The smallest absolute Gasteiger partial charge is 1.00 e. The van der Waals surface area contributed by atoms with E-state index in [0.717, 1.165) is 22.8 Å². The van der Waals surface area contributed by atoms with Crippen LogP contribution >= 0.6 is 0 Å². The maximum absolute atomic E-state index is 4.79. The van der Waals surface area contributed by atoms with Crippen LogP contribution in [0, 0.1) is 0 Å². The van der Waals surface area contributed by atoms with Crippen LogP contribution in [-0.2, 0) is 17.1 Å². The molecule has 0 saturated carbocycles. The van der Waals surface area contributed by atoms with E-state index < -0.39 is 0 Å². The minimum absolute atomic E-state index is 0. The van der Waals surface area contributed by atoms with Crippen LogP contribution in [0.4, 0.5) is 11.4 Å². The number of hydrogen-bond donors (Lipinski definition) is 0. The van der Waals surface area contributed by atoms with Gasteiger partial charge in [0.25, 0.3) is 0 Å². The second-order valence-corrected chi connectivity index (χ2v) is 10.3. The molecule has 1 aromatic heterocycles. The second kappa shape index (κ2) is 16.1. The van der Waals surface area contributed by atoms with Crippen LogP contribution in [0.15, 0.2) is 64.6 Å². The minimum Gasteiger partial charge on any atom is -1.00 e. The van der Waals surface area contributed by atoms with Crippen molar-refractivity contribution in [3.05, 3.63) is 88.2 Å². The topological polar surface area (TPSA) is 37.6 Å². The molecular formula is C31H39Cl2FeN3. The number of pyridine rings is 1. The van der Waals surface area contributed by atoms with Crippen molar-refractivity contribution in [1.82, 2.24) is 4.98 Å². The predicted molar refractivity (Wildman–Crippen MR) is 148 cm³/mol. The van der Waals surface area contributed by atoms with Crippen molar-refractivity contribution in [2.75, 3.05) is 0 Å². The van der Waals surface area contributed by atoms with Gasteiger partial charge in [0.15, 0.2) is 0 Å². The summed E-state index contributed by atoms with van der Waals surface area (Å²) in [6.45, 7) is 17.8. The van der Waals surface area contributed by atoms with E-state index >= 15 is 0 Å². The first-order valence-electron chi connectivity index (χ1n) is 12.5. The normalized spacial score (nSPS) is 11.4. The molecule has 0 saturated heterocycles. The fraction of sp³-hybridized carbons (Fsp3) is 0.387. The average Bonchev–Trinajstić information content (AvgIpc) is 2.81. The Morgan fingerprint density at radius 1 is 0.568 bits per heavy atom. The molecule has 3 aromatic rings. The third kappa shape index (κ3) is 9.69. The van der Waals surface area contributed by atoms with Gasteiger partial charge in [-0.25, -0.2) is 4.98 Å².